The SMILES string of the molecule is Cc1ccc(C)c(NC(=O)C(C)OC(=O)c2ccccc2C(=O)c2ccc(Cl)cc2)c1. The van der Waals surface area contributed by atoms with E-state index >= 15 is 0 Å². The minimum absolute atomic E-state index is 0.0915. The summed E-state index contributed by atoms with van der Waals surface area (Å²) >= 11 is 5.88. The summed E-state index contributed by atoms with van der Waals surface area (Å²) in [6, 6.07) is 18.4. The van der Waals surface area contributed by atoms with Crippen LogP contribution in [-0.2, 0) is 9.53 Å². The van der Waals surface area contributed by atoms with Gasteiger partial charge in [0.05, 0.1) is 5.56 Å². The van der Waals surface area contributed by atoms with Crippen molar-refractivity contribution < 1.29 is 19.1 Å². The number of nitrogens with one attached hydrogen (secondary N) is 1. The number of carbonyl (C=O) groups is 3. The molecule has 1 amide bonds. The van der Waals surface area contributed by atoms with E-state index in [0.717, 1.165) is 11.1 Å². The quantitative estimate of drug-likeness (QED) is 0.417. The average Bonchev–Trinajstić information content (AvgIpc) is 2.76. The van der Waals surface area contributed by atoms with Crippen LogP contribution in [0.5, 0.6) is 0 Å². The molecule has 0 aliphatic heterocycles. The van der Waals surface area contributed by atoms with Crippen LogP contribution in [0.25, 0.3) is 0 Å². The van der Waals surface area contributed by atoms with Gasteiger partial charge in [0.25, 0.3) is 5.91 Å². The van der Waals surface area contributed by atoms with E-state index in [0.29, 0.717) is 16.3 Å². The molecule has 1 N–H and O–H groups in total. The fourth-order valence-corrected chi connectivity index (χ4v) is 3.12. The molecule has 0 saturated carbocycles. The molecule has 0 fully saturated rings. The molecule has 0 aliphatic carbocycles. The Hall–Kier alpha value is -3.44. The Kier molecular flexibility index (Phi) is 6.88. The van der Waals surface area contributed by atoms with Crippen LogP contribution < -0.4 is 5.32 Å². The summed E-state index contributed by atoms with van der Waals surface area (Å²) in [6.45, 7) is 5.29. The van der Waals surface area contributed by atoms with Gasteiger partial charge in [-0.05, 0) is 68.3 Å². The molecule has 5 nitrogen and oxygen atoms in total. The maximum atomic E-state index is 12.9. The highest BCUT2D eigenvalue weighted by atomic mass is 35.5. The van der Waals surface area contributed by atoms with Crippen molar-refractivity contribution in [2.75, 3.05) is 5.32 Å². The molecule has 0 heterocycles. The van der Waals surface area contributed by atoms with Crippen molar-refractivity contribution in [1.82, 2.24) is 0 Å². The first kappa shape index (κ1) is 22.2. The molecule has 0 aliphatic rings. The lowest BCUT2D eigenvalue weighted by molar-refractivity contribution is -0.123. The fourth-order valence-electron chi connectivity index (χ4n) is 3.00. The van der Waals surface area contributed by atoms with Gasteiger partial charge in [0.2, 0.25) is 0 Å². The molecule has 0 spiro atoms. The van der Waals surface area contributed by atoms with E-state index in [4.69, 9.17) is 16.3 Å². The van der Waals surface area contributed by atoms with Crippen molar-refractivity contribution in [2.24, 2.45) is 0 Å². The van der Waals surface area contributed by atoms with Crippen molar-refractivity contribution in [3.8, 4) is 0 Å². The fraction of sp³-hybridized carbons (Fsp3) is 0.160. The zero-order valence-corrected chi connectivity index (χ0v) is 18.2. The molecule has 0 aromatic heterocycles. The van der Waals surface area contributed by atoms with Crippen molar-refractivity contribution in [3.63, 3.8) is 0 Å². The minimum atomic E-state index is -1.05. The van der Waals surface area contributed by atoms with Gasteiger partial charge in [-0.1, -0.05) is 41.9 Å². The number of rotatable bonds is 6. The van der Waals surface area contributed by atoms with E-state index in [1.807, 2.05) is 32.0 Å². The molecule has 6 heteroatoms. The summed E-state index contributed by atoms with van der Waals surface area (Å²) in [7, 11) is 0. The van der Waals surface area contributed by atoms with Gasteiger partial charge in [-0.25, -0.2) is 4.79 Å². The van der Waals surface area contributed by atoms with Crippen molar-refractivity contribution >= 4 is 34.9 Å². The number of anilines is 1. The largest absolute Gasteiger partial charge is 0.449 e. The van der Waals surface area contributed by atoms with Gasteiger partial charge in [-0.2, -0.15) is 0 Å². The van der Waals surface area contributed by atoms with E-state index in [2.05, 4.69) is 5.32 Å². The lowest BCUT2D eigenvalue weighted by Crippen LogP contribution is -2.30. The number of hydrogen-bond donors (Lipinski definition) is 1. The van der Waals surface area contributed by atoms with Gasteiger partial charge in [-0.15, -0.1) is 0 Å². The minimum Gasteiger partial charge on any atom is -0.449 e. The number of halogens is 1. The zero-order chi connectivity index (χ0) is 22.5. The smallest absolute Gasteiger partial charge is 0.339 e. The van der Waals surface area contributed by atoms with E-state index < -0.39 is 18.0 Å². The Morgan fingerprint density at radius 1 is 0.903 bits per heavy atom. The van der Waals surface area contributed by atoms with E-state index in [1.165, 1.54) is 13.0 Å². The topological polar surface area (TPSA) is 72.5 Å². The van der Waals surface area contributed by atoms with Crippen molar-refractivity contribution in [1.29, 1.82) is 0 Å². The highest BCUT2D eigenvalue weighted by Gasteiger charge is 2.23. The second-order valence-corrected chi connectivity index (χ2v) is 7.67. The molecule has 31 heavy (non-hydrogen) atoms. The molecule has 0 bridgehead atoms. The maximum Gasteiger partial charge on any atom is 0.339 e. The third kappa shape index (κ3) is 5.38. The van der Waals surface area contributed by atoms with Crippen molar-refractivity contribution in [2.45, 2.75) is 26.9 Å². The lowest BCUT2D eigenvalue weighted by atomic mass is 9.98. The van der Waals surface area contributed by atoms with Crippen LogP contribution >= 0.6 is 11.6 Å². The number of carbonyl (C=O) groups excluding carboxylic acids is 3. The Morgan fingerprint density at radius 3 is 2.23 bits per heavy atom. The number of hydrogen-bond acceptors (Lipinski definition) is 4. The highest BCUT2D eigenvalue weighted by molar-refractivity contribution is 6.30. The van der Waals surface area contributed by atoms with Crippen LogP contribution in [-0.4, -0.2) is 23.8 Å². The third-order valence-corrected chi connectivity index (χ3v) is 5.05. The van der Waals surface area contributed by atoms with Gasteiger partial charge in [0.1, 0.15) is 0 Å². The van der Waals surface area contributed by atoms with Gasteiger partial charge in [-0.3, -0.25) is 9.59 Å². The number of amides is 1. The summed E-state index contributed by atoms with van der Waals surface area (Å²) in [6.07, 6.45) is -1.05. The van der Waals surface area contributed by atoms with Crippen LogP contribution in [0.2, 0.25) is 5.02 Å². The Morgan fingerprint density at radius 2 is 1.55 bits per heavy atom. The number of benzene rings is 3. The van der Waals surface area contributed by atoms with Crippen LogP contribution in [0.4, 0.5) is 5.69 Å². The summed E-state index contributed by atoms with van der Waals surface area (Å²) in [5.41, 5.74) is 3.24. The van der Waals surface area contributed by atoms with Crippen LogP contribution in [0, 0.1) is 13.8 Å². The zero-order valence-electron chi connectivity index (χ0n) is 17.4. The molecule has 1 atom stereocenters. The maximum absolute atomic E-state index is 12.9. The van der Waals surface area contributed by atoms with Gasteiger partial charge >= 0.3 is 5.97 Å². The van der Waals surface area contributed by atoms with Crippen LogP contribution in [0.15, 0.2) is 66.7 Å². The first-order valence-electron chi connectivity index (χ1n) is 9.74. The van der Waals surface area contributed by atoms with Crippen LogP contribution in [0.1, 0.15) is 44.3 Å². The molecular weight excluding hydrogens is 414 g/mol. The van der Waals surface area contributed by atoms with Gasteiger partial charge in [0.15, 0.2) is 11.9 Å². The molecule has 3 rings (SSSR count). The second-order valence-electron chi connectivity index (χ2n) is 7.24. The lowest BCUT2D eigenvalue weighted by Gasteiger charge is -2.16. The Balaban J connectivity index is 1.76. The summed E-state index contributed by atoms with van der Waals surface area (Å²) < 4.78 is 5.36. The van der Waals surface area contributed by atoms with Crippen LogP contribution in [0.3, 0.4) is 0 Å². The predicted octanol–water partition coefficient (Wildman–Crippen LogP) is 5.37. The molecular formula is C25H22ClNO4. The summed E-state index contributed by atoms with van der Waals surface area (Å²) in [5, 5.41) is 3.29. The predicted molar refractivity (Wildman–Crippen MR) is 121 cm³/mol. The monoisotopic (exact) mass is 435 g/mol. The summed E-state index contributed by atoms with van der Waals surface area (Å²) in [4.78, 5) is 38.2. The second kappa shape index (κ2) is 9.58. The molecule has 0 saturated heterocycles. The molecule has 0 radical (unpaired) electrons. The van der Waals surface area contributed by atoms with E-state index in [-0.39, 0.29) is 16.9 Å². The summed E-state index contributed by atoms with van der Waals surface area (Å²) in [5.74, 6) is -1.54. The standard InChI is InChI=1S/C25H22ClNO4/c1-15-8-9-16(2)22(14-15)27-24(29)17(3)31-25(30)21-7-5-4-6-20(21)23(28)18-10-12-19(26)13-11-18/h4-14,17H,1-3H3,(H,27,29). The number of aryl methyl sites for hydroxylation is 2. The number of ketones is 1. The van der Waals surface area contributed by atoms with Gasteiger partial charge < -0.3 is 10.1 Å². The molecule has 158 valence electrons. The van der Waals surface area contributed by atoms with Crippen molar-refractivity contribution in [3.05, 3.63) is 99.6 Å². The normalized spacial score (nSPS) is 11.5. The Labute approximate surface area is 186 Å². The number of esters is 1. The number of ether oxygens (including phenoxy) is 1. The molecule has 3 aromatic carbocycles. The Bertz CT molecular complexity index is 1140. The average molecular weight is 436 g/mol. The van der Waals surface area contributed by atoms with E-state index in [1.54, 1.807) is 42.5 Å². The molecule has 1 unspecified atom stereocenters. The van der Waals surface area contributed by atoms with E-state index in [9.17, 15) is 14.4 Å². The first-order valence-corrected chi connectivity index (χ1v) is 10.1. The third-order valence-electron chi connectivity index (χ3n) is 4.80. The highest BCUT2D eigenvalue weighted by Crippen LogP contribution is 2.20. The van der Waals surface area contributed by atoms with Gasteiger partial charge in [0, 0.05) is 21.8 Å². The first-order chi connectivity index (χ1) is 14.8. The molecule has 3 aromatic rings.